The lowest BCUT2D eigenvalue weighted by Crippen LogP contribution is -2.24. The molecule has 30 heavy (non-hydrogen) atoms. The molecule has 0 saturated heterocycles. The summed E-state index contributed by atoms with van der Waals surface area (Å²) in [5.74, 6) is 0.934. The maximum Gasteiger partial charge on any atom is 0.253 e. The maximum atomic E-state index is 13.1. The van der Waals surface area contributed by atoms with Gasteiger partial charge in [0.1, 0.15) is 11.3 Å². The van der Waals surface area contributed by atoms with Crippen LogP contribution in [0.2, 0.25) is 0 Å². The van der Waals surface area contributed by atoms with Crippen molar-refractivity contribution in [1.82, 2.24) is 19.9 Å². The summed E-state index contributed by atoms with van der Waals surface area (Å²) < 4.78 is 7.96. The second-order valence-corrected chi connectivity index (χ2v) is 8.28. The number of benzene rings is 1. The predicted octanol–water partition coefficient (Wildman–Crippen LogP) is 4.32. The van der Waals surface area contributed by atoms with Crippen LogP contribution >= 0.6 is 0 Å². The van der Waals surface area contributed by atoms with Crippen LogP contribution < -0.4 is 5.32 Å². The highest BCUT2D eigenvalue weighted by atomic mass is 16.5. The van der Waals surface area contributed by atoms with E-state index in [4.69, 9.17) is 14.7 Å². The maximum absolute atomic E-state index is 13.1. The Morgan fingerprint density at radius 3 is 2.77 bits per heavy atom. The molecule has 1 N–H and O–H groups in total. The van der Waals surface area contributed by atoms with Gasteiger partial charge in [-0.05, 0) is 50.8 Å². The fraction of sp³-hybridized carbons (Fsp3) is 0.458. The first-order chi connectivity index (χ1) is 14.5. The molecule has 0 spiro atoms. The molecular formula is C24H30N4O2. The molecule has 1 aliphatic heterocycles. The number of aryl methyl sites for hydroxylation is 3. The Hall–Kier alpha value is -2.73. The molecule has 0 unspecified atom stereocenters. The average Bonchev–Trinajstić information content (AvgIpc) is 2.91. The second kappa shape index (κ2) is 8.96. The lowest BCUT2D eigenvalue weighted by Gasteiger charge is -2.13. The van der Waals surface area contributed by atoms with E-state index >= 15 is 0 Å². The van der Waals surface area contributed by atoms with Crippen molar-refractivity contribution in [2.24, 2.45) is 0 Å². The highest BCUT2D eigenvalue weighted by molar-refractivity contribution is 6.04. The summed E-state index contributed by atoms with van der Waals surface area (Å²) in [7, 11) is 0. The molecule has 158 valence electrons. The SMILES string of the molecule is Cc1cc(C(=O)NCc2ccccc2COC(C)C)c2nc3n(c2n1)CCCCC3. The van der Waals surface area contributed by atoms with Gasteiger partial charge in [-0.2, -0.15) is 0 Å². The standard InChI is InChI=1S/C24H30N4O2/c1-16(2)30-15-19-10-7-6-9-18(19)14-25-24(29)20-13-17(3)26-23-22(20)27-21-11-5-4-8-12-28(21)23/h6-7,9-10,13,16H,4-5,8,11-12,14-15H2,1-3H3,(H,25,29). The molecule has 0 aliphatic carbocycles. The quantitative estimate of drug-likeness (QED) is 0.662. The van der Waals surface area contributed by atoms with Gasteiger partial charge in [-0.3, -0.25) is 4.79 Å². The van der Waals surface area contributed by atoms with Crippen LogP contribution in [0.25, 0.3) is 11.2 Å². The topological polar surface area (TPSA) is 69.0 Å². The van der Waals surface area contributed by atoms with Crippen LogP contribution in [0, 0.1) is 6.92 Å². The Kier molecular flexibility index (Phi) is 6.13. The number of hydrogen-bond donors (Lipinski definition) is 1. The van der Waals surface area contributed by atoms with E-state index in [2.05, 4.69) is 9.88 Å². The number of hydrogen-bond acceptors (Lipinski definition) is 4. The normalized spacial score (nSPS) is 14.0. The number of nitrogens with one attached hydrogen (secondary N) is 1. The van der Waals surface area contributed by atoms with Crippen molar-refractivity contribution >= 4 is 17.1 Å². The van der Waals surface area contributed by atoms with E-state index in [1.807, 2.05) is 51.1 Å². The predicted molar refractivity (Wildman–Crippen MR) is 117 cm³/mol. The number of fused-ring (bicyclic) bond motifs is 3. The largest absolute Gasteiger partial charge is 0.374 e. The summed E-state index contributed by atoms with van der Waals surface area (Å²) in [6.45, 7) is 7.89. The van der Waals surface area contributed by atoms with Gasteiger partial charge in [0.25, 0.3) is 5.91 Å². The van der Waals surface area contributed by atoms with Gasteiger partial charge in [-0.15, -0.1) is 0 Å². The fourth-order valence-electron chi connectivity index (χ4n) is 3.99. The molecule has 3 heterocycles. The molecule has 3 aromatic rings. The third kappa shape index (κ3) is 4.38. The summed E-state index contributed by atoms with van der Waals surface area (Å²) in [4.78, 5) is 22.7. The lowest BCUT2D eigenvalue weighted by atomic mass is 10.1. The number of carbonyl (C=O) groups is 1. The third-order valence-electron chi connectivity index (χ3n) is 5.57. The Labute approximate surface area is 177 Å². The van der Waals surface area contributed by atoms with Crippen LogP contribution in [0.1, 0.15) is 66.1 Å². The van der Waals surface area contributed by atoms with Gasteiger partial charge in [0, 0.05) is 25.2 Å². The number of amides is 1. The van der Waals surface area contributed by atoms with Crippen LogP contribution in [0.4, 0.5) is 0 Å². The van der Waals surface area contributed by atoms with Gasteiger partial charge in [-0.1, -0.05) is 30.7 Å². The summed E-state index contributed by atoms with van der Waals surface area (Å²) >= 11 is 0. The Balaban J connectivity index is 1.57. The van der Waals surface area contributed by atoms with Crippen molar-refractivity contribution in [1.29, 1.82) is 0 Å². The van der Waals surface area contributed by atoms with Crippen molar-refractivity contribution in [3.8, 4) is 0 Å². The van der Waals surface area contributed by atoms with Gasteiger partial charge in [-0.25, -0.2) is 9.97 Å². The summed E-state index contributed by atoms with van der Waals surface area (Å²) in [6, 6.07) is 9.91. The molecule has 6 heteroatoms. The lowest BCUT2D eigenvalue weighted by molar-refractivity contribution is 0.0651. The zero-order chi connectivity index (χ0) is 21.1. The van der Waals surface area contributed by atoms with Gasteiger partial charge in [0.05, 0.1) is 18.3 Å². The number of imidazole rings is 1. The first-order valence-corrected chi connectivity index (χ1v) is 10.9. The minimum absolute atomic E-state index is 0.113. The molecule has 1 aliphatic rings. The van der Waals surface area contributed by atoms with Crippen molar-refractivity contribution in [2.75, 3.05) is 0 Å². The van der Waals surface area contributed by atoms with E-state index in [0.717, 1.165) is 54.1 Å². The fourth-order valence-corrected chi connectivity index (χ4v) is 3.99. The Morgan fingerprint density at radius 1 is 1.17 bits per heavy atom. The average molecular weight is 407 g/mol. The van der Waals surface area contributed by atoms with Gasteiger partial charge in [0.15, 0.2) is 5.65 Å². The Morgan fingerprint density at radius 2 is 1.97 bits per heavy atom. The first-order valence-electron chi connectivity index (χ1n) is 10.9. The number of pyridine rings is 1. The Bertz CT molecular complexity index is 1050. The first kappa shape index (κ1) is 20.5. The molecule has 1 aromatic carbocycles. The molecule has 6 nitrogen and oxygen atoms in total. The van der Waals surface area contributed by atoms with Crippen LogP contribution in [0.15, 0.2) is 30.3 Å². The molecule has 0 bridgehead atoms. The van der Waals surface area contributed by atoms with E-state index in [1.165, 1.54) is 6.42 Å². The van der Waals surface area contributed by atoms with E-state index in [1.54, 1.807) is 0 Å². The smallest absolute Gasteiger partial charge is 0.253 e. The number of carbonyl (C=O) groups excluding carboxylic acids is 1. The summed E-state index contributed by atoms with van der Waals surface area (Å²) in [5.41, 5.74) is 5.15. The highest BCUT2D eigenvalue weighted by Crippen LogP contribution is 2.24. The monoisotopic (exact) mass is 406 g/mol. The molecule has 4 rings (SSSR count). The van der Waals surface area contributed by atoms with Crippen LogP contribution in [-0.2, 0) is 30.9 Å². The molecular weight excluding hydrogens is 376 g/mol. The zero-order valence-corrected chi connectivity index (χ0v) is 18.1. The minimum atomic E-state index is -0.113. The number of ether oxygens (including phenoxy) is 1. The molecule has 0 atom stereocenters. The van der Waals surface area contributed by atoms with Crippen LogP contribution in [0.5, 0.6) is 0 Å². The van der Waals surface area contributed by atoms with E-state index in [-0.39, 0.29) is 12.0 Å². The number of nitrogens with zero attached hydrogens (tertiary/aromatic N) is 3. The third-order valence-corrected chi connectivity index (χ3v) is 5.57. The second-order valence-electron chi connectivity index (χ2n) is 8.28. The molecule has 0 saturated carbocycles. The van der Waals surface area contributed by atoms with E-state index in [0.29, 0.717) is 24.2 Å². The molecule has 0 radical (unpaired) electrons. The van der Waals surface area contributed by atoms with E-state index < -0.39 is 0 Å². The van der Waals surface area contributed by atoms with Crippen molar-refractivity contribution in [2.45, 2.75) is 72.3 Å². The van der Waals surface area contributed by atoms with Gasteiger partial charge < -0.3 is 14.6 Å². The van der Waals surface area contributed by atoms with Crippen molar-refractivity contribution in [3.05, 3.63) is 58.5 Å². The zero-order valence-electron chi connectivity index (χ0n) is 18.1. The molecule has 1 amide bonds. The molecule has 0 fully saturated rings. The van der Waals surface area contributed by atoms with Gasteiger partial charge >= 0.3 is 0 Å². The minimum Gasteiger partial charge on any atom is -0.374 e. The van der Waals surface area contributed by atoms with Gasteiger partial charge in [0.2, 0.25) is 0 Å². The highest BCUT2D eigenvalue weighted by Gasteiger charge is 2.21. The number of aromatic nitrogens is 3. The van der Waals surface area contributed by atoms with E-state index in [9.17, 15) is 4.79 Å². The van der Waals surface area contributed by atoms with Crippen LogP contribution in [0.3, 0.4) is 0 Å². The van der Waals surface area contributed by atoms with Crippen molar-refractivity contribution < 1.29 is 9.53 Å². The summed E-state index contributed by atoms with van der Waals surface area (Å²) in [5, 5.41) is 3.08. The molecule has 2 aromatic heterocycles. The van der Waals surface area contributed by atoms with Crippen molar-refractivity contribution in [3.63, 3.8) is 0 Å². The summed E-state index contributed by atoms with van der Waals surface area (Å²) in [6.07, 6.45) is 4.59. The number of rotatable bonds is 6. The van der Waals surface area contributed by atoms with Crippen LogP contribution in [-0.4, -0.2) is 26.5 Å².